The van der Waals surface area contributed by atoms with Gasteiger partial charge in [0.05, 0.1) is 38.4 Å². The molecule has 4 aliphatic rings. The van der Waals surface area contributed by atoms with Crippen molar-refractivity contribution < 1.29 is 14.3 Å². The molecule has 3 heterocycles. The number of nitrogens with zero attached hydrogens (tertiary/aromatic N) is 2. The zero-order chi connectivity index (χ0) is 19.1. The first kappa shape index (κ1) is 18.1. The van der Waals surface area contributed by atoms with Crippen molar-refractivity contribution in [1.29, 1.82) is 0 Å². The molecule has 7 nitrogen and oxygen atoms in total. The van der Waals surface area contributed by atoms with Crippen LogP contribution in [-0.2, 0) is 20.7 Å². The molecule has 28 heavy (non-hydrogen) atoms. The fraction of sp³-hybridized carbons (Fsp3) is 0.619. The van der Waals surface area contributed by atoms with Crippen LogP contribution in [0.15, 0.2) is 24.3 Å². The van der Waals surface area contributed by atoms with Crippen LogP contribution in [0, 0.1) is 5.92 Å². The minimum absolute atomic E-state index is 0.00797. The van der Waals surface area contributed by atoms with Crippen LogP contribution in [0.1, 0.15) is 31.2 Å². The Balaban J connectivity index is 1.29. The summed E-state index contributed by atoms with van der Waals surface area (Å²) >= 11 is 0. The van der Waals surface area contributed by atoms with E-state index in [-0.39, 0.29) is 36.6 Å². The van der Waals surface area contributed by atoms with Crippen molar-refractivity contribution >= 4 is 17.5 Å². The molecule has 3 unspecified atom stereocenters. The lowest BCUT2D eigenvalue weighted by molar-refractivity contribution is -0.128. The highest BCUT2D eigenvalue weighted by Gasteiger charge is 2.43. The molecule has 150 valence electrons. The molecule has 1 aromatic carbocycles. The van der Waals surface area contributed by atoms with Gasteiger partial charge in [-0.3, -0.25) is 19.8 Å². The second kappa shape index (κ2) is 7.46. The lowest BCUT2D eigenvalue weighted by atomic mass is 10.1. The number of fused-ring (bicyclic) bond motifs is 1. The van der Waals surface area contributed by atoms with Gasteiger partial charge in [0.1, 0.15) is 0 Å². The summed E-state index contributed by atoms with van der Waals surface area (Å²) in [4.78, 5) is 29.8. The minimum Gasteiger partial charge on any atom is -0.379 e. The maximum absolute atomic E-state index is 13.3. The van der Waals surface area contributed by atoms with Crippen molar-refractivity contribution in [2.45, 2.75) is 50.5 Å². The van der Waals surface area contributed by atoms with Gasteiger partial charge in [0.25, 0.3) is 0 Å². The van der Waals surface area contributed by atoms with Crippen LogP contribution in [0.2, 0.25) is 0 Å². The van der Waals surface area contributed by atoms with Crippen LogP contribution in [-0.4, -0.2) is 61.4 Å². The van der Waals surface area contributed by atoms with Gasteiger partial charge in [0, 0.05) is 24.8 Å². The molecule has 3 aliphatic heterocycles. The highest BCUT2D eigenvalue weighted by molar-refractivity contribution is 5.97. The van der Waals surface area contributed by atoms with Gasteiger partial charge >= 0.3 is 0 Å². The summed E-state index contributed by atoms with van der Waals surface area (Å²) in [6.45, 7) is 3.01. The molecule has 2 N–H and O–H groups in total. The monoisotopic (exact) mass is 384 g/mol. The highest BCUT2D eigenvalue weighted by Crippen LogP contribution is 2.44. The average molecular weight is 384 g/mol. The standard InChI is InChI=1S/C21H28N4O3/c26-20-13-19(24-7-9-28-10-8-24)22-18(23-20)12-21(27)25-16-4-2-1-3-15(16)11-17(25)14-5-6-14/h1-4,14,17-19,22H,5-13H2,(H,23,26). The number of anilines is 1. The molecular formula is C21H28N4O3. The SMILES string of the molecule is O=C1CC(N2CCOCC2)NC(CC(=O)N2c3ccccc3CC2C2CC2)N1. The Morgan fingerprint density at radius 3 is 2.71 bits per heavy atom. The van der Waals surface area contributed by atoms with E-state index in [1.165, 1.54) is 18.4 Å². The van der Waals surface area contributed by atoms with E-state index in [4.69, 9.17) is 4.74 Å². The normalized spacial score (nSPS) is 30.8. The summed E-state index contributed by atoms with van der Waals surface area (Å²) in [6, 6.07) is 8.52. The van der Waals surface area contributed by atoms with Crippen LogP contribution in [0.5, 0.6) is 0 Å². The number of hydrogen-bond donors (Lipinski definition) is 2. The molecule has 7 heteroatoms. The van der Waals surface area contributed by atoms with Gasteiger partial charge < -0.3 is 15.0 Å². The number of rotatable bonds is 4. The van der Waals surface area contributed by atoms with Crippen LogP contribution in [0.3, 0.4) is 0 Å². The van der Waals surface area contributed by atoms with Crippen molar-refractivity contribution in [3.05, 3.63) is 29.8 Å². The van der Waals surface area contributed by atoms with E-state index in [0.29, 0.717) is 25.6 Å². The summed E-state index contributed by atoms with van der Waals surface area (Å²) in [7, 11) is 0. The van der Waals surface area contributed by atoms with Crippen molar-refractivity contribution in [2.24, 2.45) is 5.92 Å². The van der Waals surface area contributed by atoms with Crippen LogP contribution in [0.25, 0.3) is 0 Å². The number of nitrogens with one attached hydrogen (secondary N) is 2. The van der Waals surface area contributed by atoms with Gasteiger partial charge in [-0.15, -0.1) is 0 Å². The molecule has 3 atom stereocenters. The summed E-state index contributed by atoms with van der Waals surface area (Å²) in [5, 5.41) is 6.45. The van der Waals surface area contributed by atoms with Gasteiger partial charge in [-0.05, 0) is 36.8 Å². The molecule has 1 aliphatic carbocycles. The molecule has 3 fully saturated rings. The van der Waals surface area contributed by atoms with Crippen molar-refractivity contribution in [3.63, 3.8) is 0 Å². The molecule has 1 saturated carbocycles. The van der Waals surface area contributed by atoms with E-state index >= 15 is 0 Å². The fourth-order valence-electron chi connectivity index (χ4n) is 4.86. The van der Waals surface area contributed by atoms with Crippen molar-refractivity contribution in [3.8, 4) is 0 Å². The molecule has 1 aromatic rings. The third kappa shape index (κ3) is 3.54. The first-order valence-electron chi connectivity index (χ1n) is 10.5. The molecule has 2 amide bonds. The molecule has 0 spiro atoms. The van der Waals surface area contributed by atoms with Gasteiger partial charge in [-0.2, -0.15) is 0 Å². The topological polar surface area (TPSA) is 73.9 Å². The first-order valence-corrected chi connectivity index (χ1v) is 10.5. The van der Waals surface area contributed by atoms with E-state index in [1.54, 1.807) is 0 Å². The number of carbonyl (C=O) groups is 2. The summed E-state index contributed by atoms with van der Waals surface area (Å²) in [5.74, 6) is 0.724. The number of ether oxygens (including phenoxy) is 1. The second-order valence-electron chi connectivity index (χ2n) is 8.36. The number of amides is 2. The smallest absolute Gasteiger partial charge is 0.230 e. The van der Waals surface area contributed by atoms with E-state index in [0.717, 1.165) is 25.2 Å². The van der Waals surface area contributed by atoms with Crippen molar-refractivity contribution in [2.75, 3.05) is 31.2 Å². The van der Waals surface area contributed by atoms with E-state index < -0.39 is 0 Å². The number of carbonyl (C=O) groups excluding carboxylic acids is 2. The molecule has 0 radical (unpaired) electrons. The Morgan fingerprint density at radius 1 is 1.14 bits per heavy atom. The Hall–Kier alpha value is -1.96. The summed E-state index contributed by atoms with van der Waals surface area (Å²) in [5.41, 5.74) is 2.32. The van der Waals surface area contributed by atoms with E-state index in [1.807, 2.05) is 17.0 Å². The average Bonchev–Trinajstić information content (AvgIpc) is 3.48. The largest absolute Gasteiger partial charge is 0.379 e. The first-order chi connectivity index (χ1) is 13.7. The molecule has 0 aromatic heterocycles. The Bertz CT molecular complexity index is 760. The third-order valence-corrected chi connectivity index (χ3v) is 6.42. The van der Waals surface area contributed by atoms with Crippen molar-refractivity contribution in [1.82, 2.24) is 15.5 Å². The van der Waals surface area contributed by atoms with E-state index in [9.17, 15) is 9.59 Å². The van der Waals surface area contributed by atoms with Crippen LogP contribution < -0.4 is 15.5 Å². The van der Waals surface area contributed by atoms with Crippen LogP contribution in [0.4, 0.5) is 5.69 Å². The minimum atomic E-state index is -0.325. The maximum atomic E-state index is 13.3. The Kier molecular flexibility index (Phi) is 4.82. The lowest BCUT2D eigenvalue weighted by Crippen LogP contribution is -2.64. The maximum Gasteiger partial charge on any atom is 0.230 e. The predicted octanol–water partition coefficient (Wildman–Crippen LogP) is 0.838. The number of hydrogen-bond acceptors (Lipinski definition) is 5. The molecule has 2 saturated heterocycles. The summed E-state index contributed by atoms with van der Waals surface area (Å²) in [6.07, 6.45) is 3.72. The molecular weight excluding hydrogens is 356 g/mol. The zero-order valence-corrected chi connectivity index (χ0v) is 16.1. The zero-order valence-electron chi connectivity index (χ0n) is 16.1. The number of para-hydroxylation sites is 1. The Morgan fingerprint density at radius 2 is 1.93 bits per heavy atom. The van der Waals surface area contributed by atoms with Gasteiger partial charge in [0.2, 0.25) is 11.8 Å². The fourth-order valence-corrected chi connectivity index (χ4v) is 4.86. The van der Waals surface area contributed by atoms with Gasteiger partial charge in [0.15, 0.2) is 0 Å². The highest BCUT2D eigenvalue weighted by atomic mass is 16.5. The lowest BCUT2D eigenvalue weighted by Gasteiger charge is -2.40. The number of morpholine rings is 1. The van der Waals surface area contributed by atoms with Gasteiger partial charge in [-0.25, -0.2) is 0 Å². The third-order valence-electron chi connectivity index (χ3n) is 6.42. The van der Waals surface area contributed by atoms with E-state index in [2.05, 4.69) is 27.7 Å². The Labute approximate surface area is 165 Å². The predicted molar refractivity (Wildman–Crippen MR) is 105 cm³/mol. The second-order valence-corrected chi connectivity index (χ2v) is 8.36. The quantitative estimate of drug-likeness (QED) is 0.805. The van der Waals surface area contributed by atoms with Crippen LogP contribution >= 0.6 is 0 Å². The molecule has 5 rings (SSSR count). The van der Waals surface area contributed by atoms with Gasteiger partial charge in [-0.1, -0.05) is 18.2 Å². The molecule has 0 bridgehead atoms. The number of benzene rings is 1. The summed E-state index contributed by atoms with van der Waals surface area (Å²) < 4.78 is 5.42.